The molecule has 1 saturated heterocycles. The minimum atomic E-state index is -0.399. The zero-order valence-corrected chi connectivity index (χ0v) is 19.9. The van der Waals surface area contributed by atoms with E-state index in [0.717, 1.165) is 34.4 Å². The number of hydrogen-bond donors (Lipinski definition) is 2. The molecule has 0 atom stereocenters. The van der Waals surface area contributed by atoms with E-state index in [9.17, 15) is 14.9 Å². The number of ketones is 1. The Labute approximate surface area is 202 Å². The number of Topliss-reactive ketones (excluding diaryl/α,β-unsaturated/α-hetero) is 1. The molecule has 1 aliphatic carbocycles. The summed E-state index contributed by atoms with van der Waals surface area (Å²) in [5.41, 5.74) is 3.99. The second-order valence-corrected chi connectivity index (χ2v) is 9.39. The molecule has 0 unspecified atom stereocenters. The average Bonchev–Trinajstić information content (AvgIpc) is 3.13. The molecule has 0 saturated carbocycles. The third-order valence-corrected chi connectivity index (χ3v) is 6.56. The van der Waals surface area contributed by atoms with Crippen LogP contribution in [0, 0.1) is 11.3 Å². The fourth-order valence-corrected chi connectivity index (χ4v) is 4.76. The van der Waals surface area contributed by atoms with Crippen molar-refractivity contribution in [3.05, 3.63) is 58.8 Å². The molecule has 8 nitrogen and oxygen atoms in total. The zero-order valence-electron chi connectivity index (χ0n) is 19.1. The second kappa shape index (κ2) is 11.2. The fourth-order valence-electron chi connectivity index (χ4n) is 3.84. The maximum atomic E-state index is 12.5. The predicted molar refractivity (Wildman–Crippen MR) is 133 cm³/mol. The van der Waals surface area contributed by atoms with E-state index in [-0.39, 0.29) is 5.78 Å². The van der Waals surface area contributed by atoms with Gasteiger partial charge in [-0.25, -0.2) is 9.78 Å². The van der Waals surface area contributed by atoms with Gasteiger partial charge < -0.3 is 10.1 Å². The molecule has 2 N–H and O–H groups in total. The smallest absolute Gasteiger partial charge is 0.325 e. The summed E-state index contributed by atoms with van der Waals surface area (Å²) in [6.45, 7) is 5.40. The van der Waals surface area contributed by atoms with Gasteiger partial charge >= 0.3 is 6.03 Å². The largest absolute Gasteiger partial charge is 0.379 e. The normalized spacial score (nSPS) is 16.6. The van der Waals surface area contributed by atoms with Crippen molar-refractivity contribution in [3.8, 4) is 6.07 Å². The molecule has 176 valence electrons. The number of amides is 2. The van der Waals surface area contributed by atoms with Gasteiger partial charge in [-0.15, -0.1) is 0 Å². The first-order chi connectivity index (χ1) is 16.5. The molecule has 2 aromatic rings. The van der Waals surface area contributed by atoms with Crippen LogP contribution in [-0.2, 0) is 16.0 Å². The van der Waals surface area contributed by atoms with Crippen molar-refractivity contribution in [2.24, 2.45) is 0 Å². The molecule has 0 radical (unpaired) electrons. The Hall–Kier alpha value is -3.32. The Morgan fingerprint density at radius 2 is 2.06 bits per heavy atom. The molecule has 0 spiro atoms. The van der Waals surface area contributed by atoms with E-state index in [0.29, 0.717) is 55.4 Å². The molecular weight excluding hydrogens is 450 g/mol. The number of nitriles is 1. The average molecular weight is 478 g/mol. The maximum absolute atomic E-state index is 12.5. The fraction of sp³-hybridized carbons (Fsp3) is 0.360. The summed E-state index contributed by atoms with van der Waals surface area (Å²) in [5, 5.41) is 15.3. The van der Waals surface area contributed by atoms with Crippen molar-refractivity contribution in [1.29, 1.82) is 5.26 Å². The quantitative estimate of drug-likeness (QED) is 0.626. The number of benzene rings is 1. The van der Waals surface area contributed by atoms with Gasteiger partial charge in [0.1, 0.15) is 5.78 Å². The van der Waals surface area contributed by atoms with Crippen LogP contribution in [0.25, 0.3) is 10.2 Å². The van der Waals surface area contributed by atoms with E-state index in [2.05, 4.69) is 26.6 Å². The number of carbonyl (C=O) groups excluding carboxylic acids is 2. The number of hydrogen-bond acceptors (Lipinski definition) is 7. The highest BCUT2D eigenvalue weighted by Gasteiger charge is 2.15. The minimum absolute atomic E-state index is 0.234. The van der Waals surface area contributed by atoms with E-state index < -0.39 is 6.03 Å². The highest BCUT2D eigenvalue weighted by molar-refractivity contribution is 7.22. The topological polar surface area (TPSA) is 107 Å². The number of allylic oxidation sites excluding steroid dienone is 5. The van der Waals surface area contributed by atoms with Crippen LogP contribution in [0.15, 0.2) is 53.3 Å². The summed E-state index contributed by atoms with van der Waals surface area (Å²) >= 11 is 1.39. The number of nitrogens with one attached hydrogen (secondary N) is 2. The van der Waals surface area contributed by atoms with Crippen LogP contribution in [0.1, 0.15) is 25.3 Å². The lowest BCUT2D eigenvalue weighted by Gasteiger charge is -2.25. The number of morpholine rings is 1. The first kappa shape index (κ1) is 23.8. The number of aryl methyl sites for hydroxylation is 1. The summed E-state index contributed by atoms with van der Waals surface area (Å²) in [7, 11) is 0. The molecule has 34 heavy (non-hydrogen) atoms. The van der Waals surface area contributed by atoms with Crippen molar-refractivity contribution < 1.29 is 14.3 Å². The number of nitrogens with zero attached hydrogens (tertiary/aromatic N) is 3. The van der Waals surface area contributed by atoms with Crippen molar-refractivity contribution in [2.45, 2.75) is 26.2 Å². The molecule has 1 aromatic heterocycles. The number of anilines is 1. The van der Waals surface area contributed by atoms with Crippen LogP contribution < -0.4 is 10.6 Å². The van der Waals surface area contributed by atoms with E-state index in [1.807, 2.05) is 31.2 Å². The lowest BCUT2D eigenvalue weighted by Crippen LogP contribution is -2.39. The maximum Gasteiger partial charge on any atom is 0.325 e. The first-order valence-electron chi connectivity index (χ1n) is 11.3. The lowest BCUT2D eigenvalue weighted by atomic mass is 10.1. The van der Waals surface area contributed by atoms with Gasteiger partial charge in [0.25, 0.3) is 0 Å². The number of aromatic nitrogens is 1. The molecule has 1 fully saturated rings. The first-order valence-corrected chi connectivity index (χ1v) is 12.1. The van der Waals surface area contributed by atoms with Crippen molar-refractivity contribution in [3.63, 3.8) is 0 Å². The number of thiazole rings is 1. The monoisotopic (exact) mass is 477 g/mol. The number of ether oxygens (including phenoxy) is 1. The van der Waals surface area contributed by atoms with E-state index in [1.165, 1.54) is 11.3 Å². The van der Waals surface area contributed by atoms with Crippen LogP contribution >= 0.6 is 11.3 Å². The summed E-state index contributed by atoms with van der Waals surface area (Å²) in [6, 6.07) is 7.65. The summed E-state index contributed by atoms with van der Waals surface area (Å²) < 4.78 is 6.28. The standard InChI is InChI=1S/C25H27N5O3S/c1-17-2-5-20(13-19(12-17)15-26)27-24(32)29-25-28-22-7-4-18(14-23(22)34-25)3-6-21(31)16-30-8-10-33-11-9-30/h2,4,7,12-14H,3,5-6,8-11,16H2,1H3,(H2,27,28,29,32). The molecule has 0 bridgehead atoms. The van der Waals surface area contributed by atoms with Gasteiger partial charge in [0.2, 0.25) is 0 Å². The Balaban J connectivity index is 1.32. The van der Waals surface area contributed by atoms with Gasteiger partial charge in [-0.2, -0.15) is 5.26 Å². The zero-order chi connectivity index (χ0) is 23.9. The highest BCUT2D eigenvalue weighted by Crippen LogP contribution is 2.27. The van der Waals surface area contributed by atoms with Crippen LogP contribution in [0.5, 0.6) is 0 Å². The van der Waals surface area contributed by atoms with Crippen LogP contribution in [-0.4, -0.2) is 54.5 Å². The number of fused-ring (bicyclic) bond motifs is 1. The number of rotatable bonds is 7. The summed E-state index contributed by atoms with van der Waals surface area (Å²) in [4.78, 5) is 31.5. The Morgan fingerprint density at radius 1 is 1.24 bits per heavy atom. The molecule has 2 amide bonds. The third kappa shape index (κ3) is 6.60. The predicted octanol–water partition coefficient (Wildman–Crippen LogP) is 3.94. The van der Waals surface area contributed by atoms with Crippen LogP contribution in [0.2, 0.25) is 0 Å². The Bertz CT molecular complexity index is 1210. The summed E-state index contributed by atoms with van der Waals surface area (Å²) in [6.07, 6.45) is 7.13. The minimum Gasteiger partial charge on any atom is -0.379 e. The van der Waals surface area contributed by atoms with Crippen molar-refractivity contribution in [2.75, 3.05) is 38.2 Å². The van der Waals surface area contributed by atoms with E-state index in [4.69, 9.17) is 4.74 Å². The SMILES string of the molecule is CC1=CCC(NC(=O)Nc2nc3ccc(CCC(=O)CN4CCOCC4)cc3s2)=CC(C#N)=C1. The van der Waals surface area contributed by atoms with Gasteiger partial charge in [-0.1, -0.05) is 29.1 Å². The van der Waals surface area contributed by atoms with Gasteiger partial charge in [-0.05, 0) is 43.2 Å². The highest BCUT2D eigenvalue weighted by atomic mass is 32.1. The molecular formula is C25H27N5O3S. The van der Waals surface area contributed by atoms with Gasteiger partial charge in [-0.3, -0.25) is 15.0 Å². The Kier molecular flexibility index (Phi) is 7.85. The number of carbonyl (C=O) groups is 2. The molecule has 9 heteroatoms. The number of urea groups is 1. The van der Waals surface area contributed by atoms with Crippen LogP contribution in [0.4, 0.5) is 9.93 Å². The van der Waals surface area contributed by atoms with E-state index >= 15 is 0 Å². The van der Waals surface area contributed by atoms with E-state index in [1.54, 1.807) is 12.2 Å². The van der Waals surface area contributed by atoms with Crippen LogP contribution in [0.3, 0.4) is 0 Å². The van der Waals surface area contributed by atoms with Gasteiger partial charge in [0.15, 0.2) is 5.13 Å². The van der Waals surface area contributed by atoms with Crippen molar-refractivity contribution >= 4 is 38.5 Å². The molecule has 1 aliphatic heterocycles. The Morgan fingerprint density at radius 3 is 2.85 bits per heavy atom. The third-order valence-electron chi connectivity index (χ3n) is 5.63. The van der Waals surface area contributed by atoms with Gasteiger partial charge in [0, 0.05) is 31.6 Å². The molecule has 2 heterocycles. The van der Waals surface area contributed by atoms with Crippen molar-refractivity contribution in [1.82, 2.24) is 15.2 Å². The molecule has 1 aromatic carbocycles. The summed E-state index contributed by atoms with van der Waals surface area (Å²) in [5.74, 6) is 0.234. The molecule has 2 aliphatic rings. The molecule has 4 rings (SSSR count). The lowest BCUT2D eigenvalue weighted by molar-refractivity contribution is -0.121. The van der Waals surface area contributed by atoms with Gasteiger partial charge in [0.05, 0.1) is 41.6 Å². The second-order valence-electron chi connectivity index (χ2n) is 8.36.